The molecule has 0 aliphatic rings. The number of fused-ring (bicyclic) bond motifs is 6. The number of nitrogens with zero attached hydrogens (tertiary/aromatic N) is 2. The van der Waals surface area contributed by atoms with Gasteiger partial charge in [0.1, 0.15) is 0 Å². The predicted octanol–water partition coefficient (Wildman–Crippen LogP) is 10.2. The van der Waals surface area contributed by atoms with Crippen LogP contribution in [0.25, 0.3) is 65.3 Å². The predicted molar refractivity (Wildman–Crippen MR) is 174 cm³/mol. The van der Waals surface area contributed by atoms with Gasteiger partial charge < -0.3 is 9.97 Å². The van der Waals surface area contributed by atoms with E-state index in [9.17, 15) is 0 Å². The number of pyridine rings is 2. The van der Waals surface area contributed by atoms with Crippen LogP contribution in [0.3, 0.4) is 0 Å². The van der Waals surface area contributed by atoms with Gasteiger partial charge in [-0.05, 0) is 73.6 Å². The van der Waals surface area contributed by atoms with Gasteiger partial charge in [0.25, 0.3) is 0 Å². The van der Waals surface area contributed by atoms with E-state index in [-0.39, 0.29) is 25.5 Å². The Balaban J connectivity index is 0.000000191. The van der Waals surface area contributed by atoms with Crippen molar-refractivity contribution in [3.8, 4) is 11.3 Å². The SMILES string of the molecule is CC(C)(C)c1cc2c3ccc[c-]c3c3nccc4c5ccccc5c(c1)c2c43.Cc1cccnc1-c1[c-]cccc1.[Ir]. The minimum Gasteiger partial charge on any atom is -0.304 e. The van der Waals surface area contributed by atoms with Crippen molar-refractivity contribution >= 4 is 54.0 Å². The summed E-state index contributed by atoms with van der Waals surface area (Å²) in [5.74, 6) is 0. The molecule has 3 heteroatoms. The summed E-state index contributed by atoms with van der Waals surface area (Å²) in [6.45, 7) is 8.93. The van der Waals surface area contributed by atoms with E-state index < -0.39 is 0 Å². The first-order chi connectivity index (χ1) is 19.9. The average molecular weight is 719 g/mol. The summed E-state index contributed by atoms with van der Waals surface area (Å²) in [5.41, 5.74) is 5.75. The summed E-state index contributed by atoms with van der Waals surface area (Å²) in [7, 11) is 0. The molecular weight excluding hydrogens is 689 g/mol. The molecule has 0 saturated heterocycles. The van der Waals surface area contributed by atoms with E-state index in [4.69, 9.17) is 4.98 Å². The maximum Gasteiger partial charge on any atom is 0.0167 e. The van der Waals surface area contributed by atoms with Crippen LogP contribution in [-0.4, -0.2) is 9.97 Å². The fourth-order valence-electron chi connectivity index (χ4n) is 6.02. The number of aromatic nitrogens is 2. The summed E-state index contributed by atoms with van der Waals surface area (Å²) in [5, 5.41) is 11.5. The van der Waals surface area contributed by atoms with Gasteiger partial charge in [-0.15, -0.1) is 65.5 Å². The van der Waals surface area contributed by atoms with E-state index in [1.165, 1.54) is 54.2 Å². The Hall–Kier alpha value is -4.17. The minimum atomic E-state index is 0. The van der Waals surface area contributed by atoms with Crippen LogP contribution in [0.4, 0.5) is 0 Å². The molecule has 0 atom stereocenters. The van der Waals surface area contributed by atoms with Crippen molar-refractivity contribution in [1.82, 2.24) is 9.97 Å². The zero-order chi connectivity index (χ0) is 28.1. The molecule has 0 N–H and O–H groups in total. The largest absolute Gasteiger partial charge is 0.304 e. The molecular formula is C39H30IrN2-2. The van der Waals surface area contributed by atoms with Crippen LogP contribution in [0.1, 0.15) is 31.9 Å². The van der Waals surface area contributed by atoms with Crippen molar-refractivity contribution in [2.75, 3.05) is 0 Å². The maximum atomic E-state index is 4.81. The van der Waals surface area contributed by atoms with Crippen molar-refractivity contribution in [2.24, 2.45) is 0 Å². The summed E-state index contributed by atoms with van der Waals surface area (Å²) >= 11 is 0. The molecule has 0 fully saturated rings. The summed E-state index contributed by atoms with van der Waals surface area (Å²) in [4.78, 5) is 9.13. The van der Waals surface area contributed by atoms with Crippen molar-refractivity contribution in [2.45, 2.75) is 33.1 Å². The summed E-state index contributed by atoms with van der Waals surface area (Å²) in [6.07, 6.45) is 3.75. The molecule has 0 bridgehead atoms. The molecule has 6 aromatic carbocycles. The van der Waals surface area contributed by atoms with Gasteiger partial charge in [0.15, 0.2) is 0 Å². The molecule has 0 aliphatic heterocycles. The van der Waals surface area contributed by atoms with Crippen molar-refractivity contribution in [3.05, 3.63) is 133 Å². The van der Waals surface area contributed by atoms with E-state index >= 15 is 0 Å². The molecule has 0 unspecified atom stereocenters. The first-order valence-electron chi connectivity index (χ1n) is 14.1. The first kappa shape index (κ1) is 28.0. The van der Waals surface area contributed by atoms with E-state index in [2.05, 4.69) is 105 Å². The van der Waals surface area contributed by atoms with Crippen LogP contribution >= 0.6 is 0 Å². The normalized spacial score (nSPS) is 11.6. The van der Waals surface area contributed by atoms with Crippen molar-refractivity contribution in [3.63, 3.8) is 0 Å². The molecule has 0 saturated carbocycles. The van der Waals surface area contributed by atoms with Gasteiger partial charge in [-0.25, -0.2) is 0 Å². The molecule has 8 aromatic rings. The maximum absolute atomic E-state index is 4.81. The molecule has 2 aromatic heterocycles. The monoisotopic (exact) mass is 719 g/mol. The number of benzene rings is 6. The van der Waals surface area contributed by atoms with E-state index in [1.54, 1.807) is 0 Å². The smallest absolute Gasteiger partial charge is 0.0167 e. The molecule has 2 nitrogen and oxygen atoms in total. The Kier molecular flexibility index (Phi) is 7.27. The topological polar surface area (TPSA) is 25.8 Å². The van der Waals surface area contributed by atoms with Crippen LogP contribution in [0.2, 0.25) is 0 Å². The standard InChI is InChI=1S/C27H20N.C12H10N.Ir/c1-27(2,3)16-14-22-18-9-5-4-8-17(18)20-12-13-28-26-21-11-7-6-10-19(21)23(15-16)24(22)25(20)26;1-10-6-5-9-13-12(10)11-7-3-2-4-8-11;/h4-10,12-15H,1-3H3;2-7,9H,1H3;/q2*-1;. The summed E-state index contributed by atoms with van der Waals surface area (Å²) in [6, 6.07) is 40.5. The number of rotatable bonds is 1. The van der Waals surface area contributed by atoms with E-state index in [0.717, 1.165) is 22.2 Å². The Morgan fingerprint density at radius 1 is 0.595 bits per heavy atom. The first-order valence-corrected chi connectivity index (χ1v) is 14.1. The minimum absolute atomic E-state index is 0. The molecule has 0 spiro atoms. The molecule has 0 aliphatic carbocycles. The second-order valence-corrected chi connectivity index (χ2v) is 11.7. The average Bonchev–Trinajstić information content (AvgIpc) is 3.01. The van der Waals surface area contributed by atoms with Crippen molar-refractivity contribution < 1.29 is 20.1 Å². The van der Waals surface area contributed by atoms with Gasteiger partial charge in [0.2, 0.25) is 0 Å². The Morgan fingerprint density at radius 3 is 2.00 bits per heavy atom. The van der Waals surface area contributed by atoms with Crippen LogP contribution in [0, 0.1) is 19.1 Å². The number of aryl methyl sites for hydroxylation is 1. The van der Waals surface area contributed by atoms with Gasteiger partial charge in [-0.1, -0.05) is 79.6 Å². The molecule has 1 radical (unpaired) electrons. The van der Waals surface area contributed by atoms with Gasteiger partial charge in [-0.3, -0.25) is 0 Å². The Labute approximate surface area is 260 Å². The van der Waals surface area contributed by atoms with E-state index in [1.807, 2.05) is 48.8 Å². The third kappa shape index (κ3) is 4.64. The van der Waals surface area contributed by atoms with Gasteiger partial charge >= 0.3 is 0 Å². The molecule has 8 rings (SSSR count). The second kappa shape index (κ2) is 10.9. The van der Waals surface area contributed by atoms with Crippen LogP contribution in [-0.2, 0) is 25.5 Å². The third-order valence-corrected chi connectivity index (χ3v) is 8.07. The molecule has 207 valence electrons. The van der Waals surface area contributed by atoms with Crippen molar-refractivity contribution in [1.29, 1.82) is 0 Å². The zero-order valence-corrected chi connectivity index (χ0v) is 26.5. The molecule has 0 amide bonds. The molecule has 42 heavy (non-hydrogen) atoms. The Morgan fingerprint density at radius 2 is 1.29 bits per heavy atom. The van der Waals surface area contributed by atoms with Crippen LogP contribution in [0.5, 0.6) is 0 Å². The quantitative estimate of drug-likeness (QED) is 0.0960. The van der Waals surface area contributed by atoms with Crippen LogP contribution in [0.15, 0.2) is 109 Å². The zero-order valence-electron chi connectivity index (χ0n) is 24.1. The number of hydrogen-bond acceptors (Lipinski definition) is 2. The Bertz CT molecular complexity index is 2090. The van der Waals surface area contributed by atoms with Crippen LogP contribution < -0.4 is 0 Å². The summed E-state index contributed by atoms with van der Waals surface area (Å²) < 4.78 is 0. The molecule has 2 heterocycles. The second-order valence-electron chi connectivity index (χ2n) is 11.7. The van der Waals surface area contributed by atoms with E-state index in [0.29, 0.717) is 0 Å². The third-order valence-electron chi connectivity index (χ3n) is 8.07. The van der Waals surface area contributed by atoms with Gasteiger partial charge in [-0.2, -0.15) is 0 Å². The van der Waals surface area contributed by atoms with Gasteiger partial charge in [0.05, 0.1) is 0 Å². The fourth-order valence-corrected chi connectivity index (χ4v) is 6.02. The number of hydrogen-bond donors (Lipinski definition) is 0. The van der Waals surface area contributed by atoms with Gasteiger partial charge in [0, 0.05) is 32.5 Å². The fraction of sp³-hybridized carbons (Fsp3) is 0.128.